The van der Waals surface area contributed by atoms with E-state index in [1.807, 2.05) is 72.8 Å². The Hall–Kier alpha value is -4.70. The maximum atomic E-state index is 5.74. The minimum atomic E-state index is 0.603. The summed E-state index contributed by atoms with van der Waals surface area (Å²) in [5, 5.41) is 0. The molecule has 0 unspecified atom stereocenters. The summed E-state index contributed by atoms with van der Waals surface area (Å²) in [4.78, 5) is 8.96. The molecule has 0 saturated heterocycles. The van der Waals surface area contributed by atoms with Crippen molar-refractivity contribution in [1.82, 2.24) is 9.97 Å². The fourth-order valence-corrected chi connectivity index (χ4v) is 3.83. The lowest BCUT2D eigenvalue weighted by atomic mass is 10.0. The van der Waals surface area contributed by atoms with Crippen LogP contribution in [0.1, 0.15) is 22.9 Å². The van der Waals surface area contributed by atoms with Gasteiger partial charge in [0.2, 0.25) is 11.8 Å². The maximum Gasteiger partial charge on any atom is 0.220 e. The monoisotopic (exact) mass is 440 g/mol. The van der Waals surface area contributed by atoms with Gasteiger partial charge in [-0.3, -0.25) is 0 Å². The number of para-hydroxylation sites is 4. The largest absolute Gasteiger partial charge is 0.437 e. The van der Waals surface area contributed by atoms with Gasteiger partial charge in [0.15, 0.2) is 11.2 Å². The van der Waals surface area contributed by atoms with Crippen molar-refractivity contribution in [1.29, 1.82) is 0 Å². The van der Waals surface area contributed by atoms with Crippen molar-refractivity contribution in [2.24, 2.45) is 0 Å². The molecule has 4 nitrogen and oxygen atoms in total. The molecule has 162 valence electrons. The van der Waals surface area contributed by atoms with Gasteiger partial charge in [-0.1, -0.05) is 72.8 Å². The van der Waals surface area contributed by atoms with Crippen molar-refractivity contribution in [3.63, 3.8) is 0 Å². The molecule has 34 heavy (non-hydrogen) atoms. The molecular weight excluding hydrogens is 420 g/mol. The number of hydrogen-bond acceptors (Lipinski definition) is 4. The van der Waals surface area contributed by atoms with Gasteiger partial charge in [0.05, 0.1) is 0 Å². The van der Waals surface area contributed by atoms with Crippen molar-refractivity contribution < 1.29 is 8.83 Å². The van der Waals surface area contributed by atoms with Crippen LogP contribution in [0.4, 0.5) is 0 Å². The molecule has 0 fully saturated rings. The van der Waals surface area contributed by atoms with Crippen LogP contribution in [-0.2, 0) is 0 Å². The van der Waals surface area contributed by atoms with Crippen LogP contribution in [0.2, 0.25) is 0 Å². The van der Waals surface area contributed by atoms with Gasteiger partial charge < -0.3 is 8.83 Å². The van der Waals surface area contributed by atoms with E-state index >= 15 is 0 Å². The third-order valence-electron chi connectivity index (χ3n) is 5.61. The standard InChI is InChI=1S/C30H20N2O2/c1-3-7-27-25(5-1)31-29(33-27)19-13-21-9-15-23(16-10-21)24-17-11-22(12-18-24)14-20-30-32-26-6-2-4-8-28(26)34-30/h1-20H/b19-13+,20-14+. The molecule has 0 atom stereocenters. The van der Waals surface area contributed by atoms with E-state index in [0.29, 0.717) is 11.8 Å². The molecule has 2 aromatic heterocycles. The van der Waals surface area contributed by atoms with E-state index in [1.165, 1.54) is 0 Å². The summed E-state index contributed by atoms with van der Waals surface area (Å²) in [6.45, 7) is 0. The highest BCUT2D eigenvalue weighted by Gasteiger charge is 2.03. The van der Waals surface area contributed by atoms with Crippen molar-refractivity contribution in [2.45, 2.75) is 0 Å². The molecule has 2 heterocycles. The zero-order valence-corrected chi connectivity index (χ0v) is 18.3. The van der Waals surface area contributed by atoms with Crippen LogP contribution in [0.15, 0.2) is 106 Å². The number of aromatic nitrogens is 2. The lowest BCUT2D eigenvalue weighted by molar-refractivity contribution is 0.589. The van der Waals surface area contributed by atoms with Gasteiger partial charge in [-0.15, -0.1) is 0 Å². The highest BCUT2D eigenvalue weighted by atomic mass is 16.4. The van der Waals surface area contributed by atoms with Crippen LogP contribution in [0.3, 0.4) is 0 Å². The van der Waals surface area contributed by atoms with E-state index in [2.05, 4.69) is 58.5 Å². The fraction of sp³-hybridized carbons (Fsp3) is 0. The van der Waals surface area contributed by atoms with Crippen LogP contribution >= 0.6 is 0 Å². The molecule has 4 aromatic carbocycles. The summed E-state index contributed by atoms with van der Waals surface area (Å²) in [6.07, 6.45) is 7.81. The first-order valence-corrected chi connectivity index (χ1v) is 11.1. The highest BCUT2D eigenvalue weighted by molar-refractivity contribution is 5.78. The predicted octanol–water partition coefficient (Wildman–Crippen LogP) is 7.98. The second-order valence-electron chi connectivity index (χ2n) is 7.95. The Morgan fingerprint density at radius 3 is 1.26 bits per heavy atom. The van der Waals surface area contributed by atoms with Crippen LogP contribution < -0.4 is 0 Å². The highest BCUT2D eigenvalue weighted by Crippen LogP contribution is 2.23. The van der Waals surface area contributed by atoms with E-state index < -0.39 is 0 Å². The van der Waals surface area contributed by atoms with Crippen LogP contribution in [-0.4, -0.2) is 9.97 Å². The van der Waals surface area contributed by atoms with E-state index in [1.54, 1.807) is 0 Å². The normalized spacial score (nSPS) is 11.9. The third-order valence-corrected chi connectivity index (χ3v) is 5.61. The first-order chi connectivity index (χ1) is 16.8. The van der Waals surface area contributed by atoms with Gasteiger partial charge in [0.1, 0.15) is 11.0 Å². The Morgan fingerprint density at radius 1 is 0.441 bits per heavy atom. The van der Waals surface area contributed by atoms with Crippen molar-refractivity contribution >= 4 is 46.5 Å². The van der Waals surface area contributed by atoms with Gasteiger partial charge in [-0.05, 0) is 58.7 Å². The Bertz CT molecular complexity index is 1440. The minimum Gasteiger partial charge on any atom is -0.437 e. The molecule has 0 radical (unpaired) electrons. The van der Waals surface area contributed by atoms with Crippen molar-refractivity contribution in [2.75, 3.05) is 0 Å². The summed E-state index contributed by atoms with van der Waals surface area (Å²) in [7, 11) is 0. The molecule has 0 aliphatic heterocycles. The zero-order chi connectivity index (χ0) is 22.7. The molecule has 6 rings (SSSR count). The smallest absolute Gasteiger partial charge is 0.220 e. The van der Waals surface area contributed by atoms with Crippen molar-refractivity contribution in [3.05, 3.63) is 120 Å². The van der Waals surface area contributed by atoms with Crippen LogP contribution in [0.25, 0.3) is 57.6 Å². The lowest BCUT2D eigenvalue weighted by Gasteiger charge is -2.03. The number of fused-ring (bicyclic) bond motifs is 2. The fourth-order valence-electron chi connectivity index (χ4n) is 3.83. The van der Waals surface area contributed by atoms with Crippen LogP contribution in [0, 0.1) is 0 Å². The Labute approximate surface area is 196 Å². The first-order valence-electron chi connectivity index (χ1n) is 11.1. The molecule has 0 N–H and O–H groups in total. The number of hydrogen-bond donors (Lipinski definition) is 0. The topological polar surface area (TPSA) is 52.1 Å². The second kappa shape index (κ2) is 8.68. The van der Waals surface area contributed by atoms with E-state index in [4.69, 9.17) is 8.83 Å². The third kappa shape index (κ3) is 4.17. The lowest BCUT2D eigenvalue weighted by Crippen LogP contribution is -1.80. The number of nitrogens with zero attached hydrogens (tertiary/aromatic N) is 2. The first kappa shape index (κ1) is 19.9. The van der Waals surface area contributed by atoms with E-state index in [-0.39, 0.29) is 0 Å². The van der Waals surface area contributed by atoms with E-state index in [9.17, 15) is 0 Å². The zero-order valence-electron chi connectivity index (χ0n) is 18.3. The molecule has 0 saturated carbocycles. The van der Waals surface area contributed by atoms with E-state index in [0.717, 1.165) is 44.5 Å². The molecule has 0 spiro atoms. The van der Waals surface area contributed by atoms with Gasteiger partial charge >= 0.3 is 0 Å². The Balaban J connectivity index is 1.14. The second-order valence-corrected chi connectivity index (χ2v) is 7.95. The van der Waals surface area contributed by atoms with Crippen molar-refractivity contribution in [3.8, 4) is 11.1 Å². The summed E-state index contributed by atoms with van der Waals surface area (Å²) >= 11 is 0. The summed E-state index contributed by atoms with van der Waals surface area (Å²) in [6, 6.07) is 32.4. The molecule has 4 heteroatoms. The number of oxazole rings is 2. The summed E-state index contributed by atoms with van der Waals surface area (Å²) in [5.41, 5.74) is 7.82. The Kier molecular flexibility index (Phi) is 5.09. The van der Waals surface area contributed by atoms with Crippen LogP contribution in [0.5, 0.6) is 0 Å². The average molecular weight is 441 g/mol. The molecule has 0 aliphatic rings. The van der Waals surface area contributed by atoms with Gasteiger partial charge in [0, 0.05) is 12.2 Å². The van der Waals surface area contributed by atoms with Gasteiger partial charge in [0.25, 0.3) is 0 Å². The molecular formula is C30H20N2O2. The molecule has 0 amide bonds. The SMILES string of the molecule is C(=C\c1nc2ccccc2o1)/c1ccc(-c2ccc(/C=C/c3nc4ccccc4o3)cc2)cc1. The maximum absolute atomic E-state index is 5.74. The predicted molar refractivity (Wildman–Crippen MR) is 138 cm³/mol. The summed E-state index contributed by atoms with van der Waals surface area (Å²) < 4.78 is 11.5. The minimum absolute atomic E-state index is 0.603. The van der Waals surface area contributed by atoms with Gasteiger partial charge in [-0.25, -0.2) is 9.97 Å². The Morgan fingerprint density at radius 2 is 0.853 bits per heavy atom. The summed E-state index contributed by atoms with van der Waals surface area (Å²) in [5.74, 6) is 1.21. The number of rotatable bonds is 5. The molecule has 0 aliphatic carbocycles. The molecule has 0 bridgehead atoms. The van der Waals surface area contributed by atoms with Gasteiger partial charge in [-0.2, -0.15) is 0 Å². The number of benzene rings is 4. The molecule has 6 aromatic rings. The quantitative estimate of drug-likeness (QED) is 0.273. The average Bonchev–Trinajstić information content (AvgIpc) is 3.50.